The van der Waals surface area contributed by atoms with Gasteiger partial charge in [0.1, 0.15) is 0 Å². The molecule has 0 fully saturated rings. The molecule has 1 heterocycles. The van der Waals surface area contributed by atoms with Crippen LogP contribution in [0.1, 0.15) is 23.6 Å². The highest BCUT2D eigenvalue weighted by molar-refractivity contribution is 6.33. The van der Waals surface area contributed by atoms with Crippen molar-refractivity contribution in [3.05, 3.63) is 51.8 Å². The molecule has 1 atom stereocenters. The molecule has 0 saturated carbocycles. The molecule has 1 aromatic carbocycles. The number of benzene rings is 1. The maximum atomic E-state index is 6.15. The van der Waals surface area contributed by atoms with E-state index < -0.39 is 0 Å². The molecule has 0 saturated heterocycles. The SMILES string of the molecule is Cn1cc(CCC(N)c2cc(Cl)ccc2Cl)cn1. The first-order valence-electron chi connectivity index (χ1n) is 5.74. The summed E-state index contributed by atoms with van der Waals surface area (Å²) >= 11 is 12.1. The maximum absolute atomic E-state index is 6.15. The van der Waals surface area contributed by atoms with Crippen LogP contribution in [-0.2, 0) is 13.5 Å². The van der Waals surface area contributed by atoms with Crippen LogP contribution in [0.3, 0.4) is 0 Å². The van der Waals surface area contributed by atoms with E-state index in [0.717, 1.165) is 18.4 Å². The highest BCUT2D eigenvalue weighted by atomic mass is 35.5. The number of hydrogen-bond donors (Lipinski definition) is 1. The van der Waals surface area contributed by atoms with E-state index in [4.69, 9.17) is 28.9 Å². The molecule has 96 valence electrons. The number of hydrogen-bond acceptors (Lipinski definition) is 2. The summed E-state index contributed by atoms with van der Waals surface area (Å²) in [5, 5.41) is 5.45. The lowest BCUT2D eigenvalue weighted by Gasteiger charge is -2.13. The molecule has 3 nitrogen and oxygen atoms in total. The lowest BCUT2D eigenvalue weighted by Crippen LogP contribution is -2.11. The molecule has 5 heteroatoms. The van der Waals surface area contributed by atoms with Crippen LogP contribution < -0.4 is 5.73 Å². The van der Waals surface area contributed by atoms with Crippen molar-refractivity contribution in [2.45, 2.75) is 18.9 Å². The second kappa shape index (κ2) is 5.74. The van der Waals surface area contributed by atoms with Gasteiger partial charge in [0.05, 0.1) is 6.20 Å². The van der Waals surface area contributed by atoms with E-state index in [0.29, 0.717) is 10.0 Å². The Kier molecular flexibility index (Phi) is 4.27. The van der Waals surface area contributed by atoms with Crippen LogP contribution in [0.25, 0.3) is 0 Å². The molecule has 2 rings (SSSR count). The fourth-order valence-corrected chi connectivity index (χ4v) is 2.32. The van der Waals surface area contributed by atoms with Gasteiger partial charge in [-0.25, -0.2) is 0 Å². The largest absolute Gasteiger partial charge is 0.324 e. The summed E-state index contributed by atoms with van der Waals surface area (Å²) in [4.78, 5) is 0. The number of rotatable bonds is 4. The Morgan fingerprint density at radius 1 is 1.39 bits per heavy atom. The molecule has 0 aliphatic heterocycles. The molecule has 18 heavy (non-hydrogen) atoms. The van der Waals surface area contributed by atoms with Gasteiger partial charge in [0.25, 0.3) is 0 Å². The van der Waals surface area contributed by atoms with Crippen molar-refractivity contribution in [1.29, 1.82) is 0 Å². The summed E-state index contributed by atoms with van der Waals surface area (Å²) in [6.07, 6.45) is 5.53. The minimum atomic E-state index is -0.114. The van der Waals surface area contributed by atoms with E-state index >= 15 is 0 Å². The Balaban J connectivity index is 2.03. The molecule has 1 aromatic heterocycles. The summed E-state index contributed by atoms with van der Waals surface area (Å²) in [6.45, 7) is 0. The first-order valence-corrected chi connectivity index (χ1v) is 6.50. The van der Waals surface area contributed by atoms with Gasteiger partial charge in [-0.1, -0.05) is 23.2 Å². The van der Waals surface area contributed by atoms with Gasteiger partial charge in [0.2, 0.25) is 0 Å². The summed E-state index contributed by atoms with van der Waals surface area (Å²) in [5.41, 5.74) is 8.22. The van der Waals surface area contributed by atoms with Crippen molar-refractivity contribution in [2.24, 2.45) is 12.8 Å². The van der Waals surface area contributed by atoms with Crippen LogP contribution >= 0.6 is 23.2 Å². The van der Waals surface area contributed by atoms with Crippen LogP contribution in [0.4, 0.5) is 0 Å². The molecule has 0 aliphatic carbocycles. The third-order valence-electron chi connectivity index (χ3n) is 2.86. The number of aromatic nitrogens is 2. The minimum Gasteiger partial charge on any atom is -0.324 e. The minimum absolute atomic E-state index is 0.114. The molecule has 0 amide bonds. The van der Waals surface area contributed by atoms with Gasteiger partial charge in [-0.15, -0.1) is 0 Å². The molecule has 0 aliphatic rings. The van der Waals surface area contributed by atoms with Gasteiger partial charge in [-0.2, -0.15) is 5.10 Å². The van der Waals surface area contributed by atoms with E-state index in [9.17, 15) is 0 Å². The number of halogens is 2. The summed E-state index contributed by atoms with van der Waals surface area (Å²) < 4.78 is 1.78. The van der Waals surface area contributed by atoms with E-state index in [2.05, 4.69) is 5.10 Å². The molecular formula is C13H15Cl2N3. The lowest BCUT2D eigenvalue weighted by atomic mass is 10.0. The fraction of sp³-hybridized carbons (Fsp3) is 0.308. The van der Waals surface area contributed by atoms with Crippen molar-refractivity contribution in [3.8, 4) is 0 Å². The van der Waals surface area contributed by atoms with Crippen molar-refractivity contribution in [1.82, 2.24) is 9.78 Å². The molecule has 0 spiro atoms. The predicted molar refractivity (Wildman–Crippen MR) is 74.9 cm³/mol. The number of nitrogens with two attached hydrogens (primary N) is 1. The Bertz CT molecular complexity index is 537. The van der Waals surface area contributed by atoms with E-state index in [1.165, 1.54) is 5.56 Å². The second-order valence-electron chi connectivity index (χ2n) is 4.33. The van der Waals surface area contributed by atoms with Crippen LogP contribution in [0, 0.1) is 0 Å². The van der Waals surface area contributed by atoms with Crippen LogP contribution in [0.5, 0.6) is 0 Å². The number of aryl methyl sites for hydroxylation is 2. The van der Waals surface area contributed by atoms with Crippen molar-refractivity contribution < 1.29 is 0 Å². The summed E-state index contributed by atoms with van der Waals surface area (Å²) in [5.74, 6) is 0. The van der Waals surface area contributed by atoms with Crippen molar-refractivity contribution in [2.75, 3.05) is 0 Å². The van der Waals surface area contributed by atoms with Gasteiger partial charge in [0, 0.05) is 29.3 Å². The topological polar surface area (TPSA) is 43.8 Å². The molecule has 2 N–H and O–H groups in total. The quantitative estimate of drug-likeness (QED) is 0.935. The Hall–Kier alpha value is -1.03. The average Bonchev–Trinajstić information content (AvgIpc) is 2.75. The highest BCUT2D eigenvalue weighted by Crippen LogP contribution is 2.27. The Labute approximate surface area is 117 Å². The van der Waals surface area contributed by atoms with Crippen LogP contribution in [0.15, 0.2) is 30.6 Å². The van der Waals surface area contributed by atoms with E-state index in [1.807, 2.05) is 25.5 Å². The highest BCUT2D eigenvalue weighted by Gasteiger charge is 2.11. The predicted octanol–water partition coefficient (Wildman–Crippen LogP) is 3.36. The zero-order chi connectivity index (χ0) is 13.1. The normalized spacial score (nSPS) is 12.7. The van der Waals surface area contributed by atoms with Gasteiger partial charge >= 0.3 is 0 Å². The standard InChI is InChI=1S/C13H15Cl2N3/c1-18-8-9(7-17-18)2-5-13(16)11-6-10(14)3-4-12(11)15/h3-4,6-8,13H,2,5,16H2,1H3. The van der Waals surface area contributed by atoms with E-state index in [-0.39, 0.29) is 6.04 Å². The molecule has 0 radical (unpaired) electrons. The molecule has 1 unspecified atom stereocenters. The van der Waals surface area contributed by atoms with Gasteiger partial charge in [0.15, 0.2) is 0 Å². The average molecular weight is 284 g/mol. The van der Waals surface area contributed by atoms with Gasteiger partial charge in [-0.05, 0) is 42.2 Å². The van der Waals surface area contributed by atoms with Gasteiger partial charge in [-0.3, -0.25) is 4.68 Å². The zero-order valence-corrected chi connectivity index (χ0v) is 11.6. The van der Waals surface area contributed by atoms with Crippen LogP contribution in [-0.4, -0.2) is 9.78 Å². The molecule has 0 bridgehead atoms. The summed E-state index contributed by atoms with van der Waals surface area (Å²) in [6, 6.07) is 5.26. The smallest absolute Gasteiger partial charge is 0.0521 e. The van der Waals surface area contributed by atoms with Gasteiger partial charge < -0.3 is 5.73 Å². The first-order chi connectivity index (χ1) is 8.56. The van der Waals surface area contributed by atoms with Crippen molar-refractivity contribution in [3.63, 3.8) is 0 Å². The maximum Gasteiger partial charge on any atom is 0.0521 e. The second-order valence-corrected chi connectivity index (χ2v) is 5.18. The monoisotopic (exact) mass is 283 g/mol. The summed E-state index contributed by atoms with van der Waals surface area (Å²) in [7, 11) is 1.90. The Morgan fingerprint density at radius 2 is 2.17 bits per heavy atom. The van der Waals surface area contributed by atoms with Crippen LogP contribution in [0.2, 0.25) is 10.0 Å². The Morgan fingerprint density at radius 3 is 2.83 bits per heavy atom. The van der Waals surface area contributed by atoms with E-state index in [1.54, 1.807) is 16.8 Å². The first kappa shape index (κ1) is 13.4. The molecule has 2 aromatic rings. The molecular weight excluding hydrogens is 269 g/mol. The van der Waals surface area contributed by atoms with Crippen molar-refractivity contribution >= 4 is 23.2 Å². The zero-order valence-electron chi connectivity index (χ0n) is 10.1. The fourth-order valence-electron chi connectivity index (χ4n) is 1.88. The third-order valence-corrected chi connectivity index (χ3v) is 3.44. The lowest BCUT2D eigenvalue weighted by molar-refractivity contribution is 0.651. The number of nitrogens with zero attached hydrogens (tertiary/aromatic N) is 2. The third kappa shape index (κ3) is 3.25.